The second-order valence-corrected chi connectivity index (χ2v) is 5.97. The van der Waals surface area contributed by atoms with Gasteiger partial charge in [0.2, 0.25) is 11.8 Å². The molecule has 0 radical (unpaired) electrons. The van der Waals surface area contributed by atoms with E-state index in [2.05, 4.69) is 0 Å². The molecule has 5 nitrogen and oxygen atoms in total. The monoisotopic (exact) mass is 267 g/mol. The van der Waals surface area contributed by atoms with E-state index < -0.39 is 5.97 Å². The predicted octanol–water partition coefficient (Wildman–Crippen LogP) is 1.66. The van der Waals surface area contributed by atoms with E-state index in [1.165, 1.54) is 4.90 Å². The third-order valence-corrected chi connectivity index (χ3v) is 4.29. The van der Waals surface area contributed by atoms with Crippen LogP contribution in [0.25, 0.3) is 0 Å². The van der Waals surface area contributed by atoms with E-state index in [0.717, 1.165) is 12.8 Å². The average Bonchev–Trinajstić information content (AvgIpc) is 2.34. The zero-order valence-electron chi connectivity index (χ0n) is 11.3. The highest BCUT2D eigenvalue weighted by atomic mass is 16.4. The molecule has 0 unspecified atom stereocenters. The summed E-state index contributed by atoms with van der Waals surface area (Å²) in [7, 11) is 0. The third-order valence-electron chi connectivity index (χ3n) is 4.29. The topological polar surface area (TPSA) is 74.7 Å². The van der Waals surface area contributed by atoms with Crippen molar-refractivity contribution in [3.05, 3.63) is 0 Å². The molecule has 0 spiro atoms. The maximum Gasteiger partial charge on any atom is 0.306 e. The quantitative estimate of drug-likeness (QED) is 0.789. The molecule has 1 heterocycles. The molecule has 5 heteroatoms. The first-order valence-corrected chi connectivity index (χ1v) is 7.03. The number of hydrogen-bond acceptors (Lipinski definition) is 3. The summed E-state index contributed by atoms with van der Waals surface area (Å²) in [5.41, 5.74) is 0. The molecule has 106 valence electrons. The summed E-state index contributed by atoms with van der Waals surface area (Å²) >= 11 is 0. The molecule has 1 N–H and O–H groups in total. The minimum atomic E-state index is -0.725. The van der Waals surface area contributed by atoms with Gasteiger partial charge in [-0.05, 0) is 37.5 Å². The van der Waals surface area contributed by atoms with E-state index in [4.69, 9.17) is 5.11 Å². The minimum absolute atomic E-state index is 0.0656. The molecule has 2 amide bonds. The number of hydrogen-bond donors (Lipinski definition) is 1. The van der Waals surface area contributed by atoms with Crippen LogP contribution in [-0.4, -0.2) is 34.3 Å². The van der Waals surface area contributed by atoms with Gasteiger partial charge >= 0.3 is 5.97 Å². The highest BCUT2D eigenvalue weighted by Gasteiger charge is 2.33. The third kappa shape index (κ3) is 3.33. The maximum absolute atomic E-state index is 11.9. The van der Waals surface area contributed by atoms with Gasteiger partial charge in [-0.2, -0.15) is 0 Å². The Morgan fingerprint density at radius 2 is 1.68 bits per heavy atom. The predicted molar refractivity (Wildman–Crippen MR) is 68.2 cm³/mol. The van der Waals surface area contributed by atoms with E-state index >= 15 is 0 Å². The largest absolute Gasteiger partial charge is 0.481 e. The fourth-order valence-electron chi connectivity index (χ4n) is 3.08. The Morgan fingerprint density at radius 1 is 1.16 bits per heavy atom. The molecular weight excluding hydrogens is 246 g/mol. The number of carbonyl (C=O) groups excluding carboxylic acids is 2. The standard InChI is InChI=1S/C14H21NO4/c1-9-6-12(16)15(13(17)7-9)8-10-2-4-11(5-3-10)14(18)19/h9-11H,2-8H2,1H3,(H,18,19). The Balaban J connectivity index is 1.87. The molecule has 19 heavy (non-hydrogen) atoms. The van der Waals surface area contributed by atoms with Crippen molar-refractivity contribution in [2.24, 2.45) is 17.8 Å². The van der Waals surface area contributed by atoms with Gasteiger partial charge in [0, 0.05) is 19.4 Å². The van der Waals surface area contributed by atoms with Crippen molar-refractivity contribution in [2.75, 3.05) is 6.54 Å². The number of carboxylic acids is 1. The van der Waals surface area contributed by atoms with E-state index in [-0.39, 0.29) is 29.6 Å². The highest BCUT2D eigenvalue weighted by molar-refractivity contribution is 5.97. The van der Waals surface area contributed by atoms with Gasteiger partial charge in [-0.25, -0.2) is 0 Å². The number of likely N-dealkylation sites (tertiary alicyclic amines) is 1. The summed E-state index contributed by atoms with van der Waals surface area (Å²) in [5, 5.41) is 8.94. The summed E-state index contributed by atoms with van der Waals surface area (Å²) < 4.78 is 0. The first-order chi connectivity index (χ1) is 8.97. The molecule has 1 saturated carbocycles. The van der Waals surface area contributed by atoms with Gasteiger partial charge in [0.1, 0.15) is 0 Å². The van der Waals surface area contributed by atoms with Crippen LogP contribution in [0.1, 0.15) is 45.4 Å². The molecule has 0 aromatic heterocycles. The molecule has 0 aromatic rings. The van der Waals surface area contributed by atoms with Gasteiger partial charge in [0.25, 0.3) is 0 Å². The van der Waals surface area contributed by atoms with Crippen molar-refractivity contribution >= 4 is 17.8 Å². The van der Waals surface area contributed by atoms with Crippen LogP contribution >= 0.6 is 0 Å². The molecule has 1 aliphatic heterocycles. The Bertz CT molecular complexity index is 367. The van der Waals surface area contributed by atoms with E-state index in [0.29, 0.717) is 32.2 Å². The van der Waals surface area contributed by atoms with Gasteiger partial charge in [-0.15, -0.1) is 0 Å². The Morgan fingerprint density at radius 3 is 2.16 bits per heavy atom. The first kappa shape index (κ1) is 14.0. The van der Waals surface area contributed by atoms with Crippen LogP contribution in [0, 0.1) is 17.8 Å². The molecule has 0 aromatic carbocycles. The number of carbonyl (C=O) groups is 3. The summed E-state index contributed by atoms with van der Waals surface area (Å²) in [5.74, 6) is -0.675. The molecule has 0 atom stereocenters. The summed E-state index contributed by atoms with van der Waals surface area (Å²) in [6.07, 6.45) is 3.82. The van der Waals surface area contributed by atoms with E-state index in [1.54, 1.807) is 0 Å². The summed E-state index contributed by atoms with van der Waals surface area (Å²) in [4.78, 5) is 36.0. The SMILES string of the molecule is CC1CC(=O)N(CC2CCC(C(=O)O)CC2)C(=O)C1. The number of amides is 2. The molecule has 2 aliphatic rings. The van der Waals surface area contributed by atoms with E-state index in [1.807, 2.05) is 6.92 Å². The lowest BCUT2D eigenvalue weighted by Gasteiger charge is -2.33. The lowest BCUT2D eigenvalue weighted by atomic mass is 9.81. The highest BCUT2D eigenvalue weighted by Crippen LogP contribution is 2.30. The Labute approximate surface area is 113 Å². The molecule has 1 saturated heterocycles. The molecule has 1 aliphatic carbocycles. The number of carboxylic acid groups (broad SMARTS) is 1. The van der Waals surface area contributed by atoms with Crippen molar-refractivity contribution in [1.82, 2.24) is 4.90 Å². The number of piperidine rings is 1. The van der Waals surface area contributed by atoms with Crippen molar-refractivity contribution < 1.29 is 19.5 Å². The van der Waals surface area contributed by atoms with Gasteiger partial charge < -0.3 is 5.11 Å². The molecule has 2 fully saturated rings. The Kier molecular flexibility index (Phi) is 4.22. The van der Waals surface area contributed by atoms with Crippen molar-refractivity contribution in [3.63, 3.8) is 0 Å². The zero-order chi connectivity index (χ0) is 14.0. The van der Waals surface area contributed by atoms with Gasteiger partial charge in [0.05, 0.1) is 5.92 Å². The van der Waals surface area contributed by atoms with Crippen LogP contribution in [0.3, 0.4) is 0 Å². The number of imide groups is 1. The number of rotatable bonds is 3. The minimum Gasteiger partial charge on any atom is -0.481 e. The van der Waals surface area contributed by atoms with E-state index in [9.17, 15) is 14.4 Å². The van der Waals surface area contributed by atoms with Crippen molar-refractivity contribution in [2.45, 2.75) is 45.4 Å². The second-order valence-electron chi connectivity index (χ2n) is 5.97. The van der Waals surface area contributed by atoms with Crippen LogP contribution in [0.5, 0.6) is 0 Å². The number of aliphatic carboxylic acids is 1. The first-order valence-electron chi connectivity index (χ1n) is 7.03. The van der Waals surface area contributed by atoms with Gasteiger partial charge in [0.15, 0.2) is 0 Å². The number of nitrogens with zero attached hydrogens (tertiary/aromatic N) is 1. The summed E-state index contributed by atoms with van der Waals surface area (Å²) in [6.45, 7) is 2.40. The van der Waals surface area contributed by atoms with Gasteiger partial charge in [-0.3, -0.25) is 19.3 Å². The van der Waals surface area contributed by atoms with Crippen molar-refractivity contribution in [1.29, 1.82) is 0 Å². The lowest BCUT2D eigenvalue weighted by Crippen LogP contribution is -2.45. The van der Waals surface area contributed by atoms with Gasteiger partial charge in [-0.1, -0.05) is 6.92 Å². The molecule has 2 rings (SSSR count). The van der Waals surface area contributed by atoms with Crippen molar-refractivity contribution in [3.8, 4) is 0 Å². The molecular formula is C14H21NO4. The Hall–Kier alpha value is -1.39. The van der Waals surface area contributed by atoms with Crippen LogP contribution in [0.4, 0.5) is 0 Å². The average molecular weight is 267 g/mol. The van der Waals surface area contributed by atoms with Crippen LogP contribution < -0.4 is 0 Å². The summed E-state index contributed by atoms with van der Waals surface area (Å²) in [6, 6.07) is 0. The van der Waals surface area contributed by atoms with Crippen LogP contribution in [0.15, 0.2) is 0 Å². The van der Waals surface area contributed by atoms with Crippen LogP contribution in [-0.2, 0) is 14.4 Å². The lowest BCUT2D eigenvalue weighted by molar-refractivity contribution is -0.151. The normalized spacial score (nSPS) is 29.6. The molecule has 0 bridgehead atoms. The fourth-order valence-corrected chi connectivity index (χ4v) is 3.08. The smallest absolute Gasteiger partial charge is 0.306 e. The zero-order valence-corrected chi connectivity index (χ0v) is 11.3. The fraction of sp³-hybridized carbons (Fsp3) is 0.786. The second kappa shape index (κ2) is 5.72. The van der Waals surface area contributed by atoms with Crippen LogP contribution in [0.2, 0.25) is 0 Å². The maximum atomic E-state index is 11.9.